The lowest BCUT2D eigenvalue weighted by Crippen LogP contribution is -2.44. The number of carboxylic acids is 1. The SMILES string of the molecule is CCCCCCC/C=C\C/C=C\C/C=C\CCCCCCCCCCCCCCC(=O)OC(COC(=O)CCCCCCCCCCCCCCCCCCCCCCCCCCCCCCCCCCCCCCCCCC)COC(OCC[N+](C)(C)C)C(=O)[O-]. The summed E-state index contributed by atoms with van der Waals surface area (Å²) in [4.78, 5) is 37.6. The Bertz CT molecular complexity index is 1600. The standard InChI is InChI=1S/C83H157NO8/c1-6-8-10-12-14-16-18-20-22-24-26-28-30-32-34-35-36-37-38-39-40-41-42-43-44-45-46-48-49-51-53-55-57-59-61-63-65-67-69-71-73-80(85)90-77-79(78-91-83(82(87)88)89-76-75-84(3,4)5)92-81(86)74-72-70-68-66-64-62-60-58-56-54-52-50-47-33-31-29-27-25-23-21-19-17-15-13-11-9-7-2/h19,21,25,27,31,33,79,83H,6-18,20,22-24,26,28-30,32,34-78H2,1-5H3/b21-19-,27-25-,33-31-. The Kier molecular flexibility index (Phi) is 72.3. The molecule has 0 aromatic carbocycles. The number of likely N-dealkylation sites (N-methyl/N-ethyl adjacent to an activating group) is 1. The number of rotatable bonds is 77. The molecule has 0 aliphatic rings. The molecule has 0 fully saturated rings. The number of ether oxygens (including phenoxy) is 4. The van der Waals surface area contributed by atoms with Crippen molar-refractivity contribution in [3.05, 3.63) is 36.5 Å². The maximum Gasteiger partial charge on any atom is 0.306 e. The number of unbranched alkanes of at least 4 members (excludes halogenated alkanes) is 56. The fourth-order valence-corrected chi connectivity index (χ4v) is 12.4. The van der Waals surface area contributed by atoms with Crippen LogP contribution in [-0.4, -0.2) is 82.3 Å². The molecule has 0 aliphatic heterocycles. The van der Waals surface area contributed by atoms with Crippen molar-refractivity contribution >= 4 is 17.9 Å². The molecule has 0 amide bonds. The van der Waals surface area contributed by atoms with E-state index in [-0.39, 0.29) is 32.2 Å². The number of allylic oxidation sites excluding steroid dienone is 6. The Labute approximate surface area is 572 Å². The lowest BCUT2D eigenvalue weighted by molar-refractivity contribution is -0.870. The number of carbonyl (C=O) groups is 3. The second kappa shape index (κ2) is 74.3. The molecule has 0 radical (unpaired) electrons. The molecule has 0 N–H and O–H groups in total. The molecule has 92 heavy (non-hydrogen) atoms. The van der Waals surface area contributed by atoms with Gasteiger partial charge in [0.05, 0.1) is 40.3 Å². The maximum atomic E-state index is 13.0. The maximum absolute atomic E-state index is 13.0. The van der Waals surface area contributed by atoms with Crippen molar-refractivity contribution in [2.75, 3.05) is 47.5 Å². The molecule has 2 unspecified atom stereocenters. The lowest BCUT2D eigenvalue weighted by atomic mass is 10.0. The van der Waals surface area contributed by atoms with E-state index >= 15 is 0 Å². The van der Waals surface area contributed by atoms with Crippen LogP contribution in [0, 0.1) is 0 Å². The van der Waals surface area contributed by atoms with Crippen LogP contribution in [0.3, 0.4) is 0 Å². The van der Waals surface area contributed by atoms with E-state index in [0.717, 1.165) is 51.4 Å². The van der Waals surface area contributed by atoms with Crippen LogP contribution in [0.15, 0.2) is 36.5 Å². The van der Waals surface area contributed by atoms with Crippen molar-refractivity contribution in [2.24, 2.45) is 0 Å². The van der Waals surface area contributed by atoms with Gasteiger partial charge in [0.1, 0.15) is 13.2 Å². The van der Waals surface area contributed by atoms with Crippen LogP contribution in [0.25, 0.3) is 0 Å². The van der Waals surface area contributed by atoms with Gasteiger partial charge in [0.15, 0.2) is 12.4 Å². The van der Waals surface area contributed by atoms with E-state index in [0.29, 0.717) is 23.9 Å². The van der Waals surface area contributed by atoms with Crippen LogP contribution in [0.4, 0.5) is 0 Å². The molecule has 0 aromatic rings. The molecule has 9 heteroatoms. The van der Waals surface area contributed by atoms with Gasteiger partial charge < -0.3 is 33.3 Å². The van der Waals surface area contributed by atoms with E-state index in [4.69, 9.17) is 18.9 Å². The van der Waals surface area contributed by atoms with Gasteiger partial charge in [-0.15, -0.1) is 0 Å². The van der Waals surface area contributed by atoms with E-state index in [2.05, 4.69) is 50.3 Å². The normalized spacial score (nSPS) is 12.8. The summed E-state index contributed by atoms with van der Waals surface area (Å²) >= 11 is 0. The number of quaternary nitrogens is 1. The van der Waals surface area contributed by atoms with Crippen LogP contribution >= 0.6 is 0 Å². The number of nitrogens with zero attached hydrogens (tertiary/aromatic N) is 1. The summed E-state index contributed by atoms with van der Waals surface area (Å²) in [6, 6.07) is 0. The molecule has 9 nitrogen and oxygen atoms in total. The zero-order valence-corrected chi connectivity index (χ0v) is 62.2. The molecule has 0 rings (SSSR count). The first-order valence-corrected chi connectivity index (χ1v) is 40.6. The zero-order chi connectivity index (χ0) is 66.8. The fourth-order valence-electron chi connectivity index (χ4n) is 12.4. The Hall–Kier alpha value is -2.49. The summed E-state index contributed by atoms with van der Waals surface area (Å²) in [6.45, 7) is 4.81. The quantitative estimate of drug-likeness (QED) is 0.0195. The first-order chi connectivity index (χ1) is 45.1. The predicted molar refractivity (Wildman–Crippen MR) is 394 cm³/mol. The van der Waals surface area contributed by atoms with E-state index < -0.39 is 24.3 Å². The molecule has 0 heterocycles. The largest absolute Gasteiger partial charge is 0.545 e. The second-order valence-corrected chi connectivity index (χ2v) is 29.1. The summed E-state index contributed by atoms with van der Waals surface area (Å²) in [5.41, 5.74) is 0. The van der Waals surface area contributed by atoms with Crippen LogP contribution in [-0.2, 0) is 33.3 Å². The zero-order valence-electron chi connectivity index (χ0n) is 62.2. The van der Waals surface area contributed by atoms with Crippen molar-refractivity contribution in [3.63, 3.8) is 0 Å². The van der Waals surface area contributed by atoms with Gasteiger partial charge in [-0.05, 0) is 51.4 Å². The van der Waals surface area contributed by atoms with E-state index in [9.17, 15) is 19.5 Å². The van der Waals surface area contributed by atoms with Gasteiger partial charge in [-0.1, -0.05) is 391 Å². The first-order valence-electron chi connectivity index (χ1n) is 40.6. The van der Waals surface area contributed by atoms with Crippen LogP contribution in [0.5, 0.6) is 0 Å². The molecule has 0 bridgehead atoms. The molecule has 0 spiro atoms. The predicted octanol–water partition coefficient (Wildman–Crippen LogP) is 24.5. The van der Waals surface area contributed by atoms with Crippen LogP contribution in [0.1, 0.15) is 418 Å². The third-order valence-corrected chi connectivity index (χ3v) is 18.6. The summed E-state index contributed by atoms with van der Waals surface area (Å²) in [7, 11) is 5.95. The first kappa shape index (κ1) is 89.5. The highest BCUT2D eigenvalue weighted by Gasteiger charge is 2.22. The number of esters is 2. The monoisotopic (exact) mass is 1300 g/mol. The Morgan fingerprint density at radius 3 is 0.870 bits per heavy atom. The van der Waals surface area contributed by atoms with Gasteiger partial charge in [-0.3, -0.25) is 9.59 Å². The average molecular weight is 1300 g/mol. The fraction of sp³-hybridized carbons (Fsp3) is 0.892. The highest BCUT2D eigenvalue weighted by atomic mass is 16.7. The highest BCUT2D eigenvalue weighted by molar-refractivity contribution is 5.70. The molecule has 2 atom stereocenters. The molecule has 0 saturated carbocycles. The third-order valence-electron chi connectivity index (χ3n) is 18.6. The minimum atomic E-state index is -1.62. The third kappa shape index (κ3) is 74.9. The van der Waals surface area contributed by atoms with Gasteiger partial charge >= 0.3 is 11.9 Å². The minimum absolute atomic E-state index is 0.149. The number of carbonyl (C=O) groups excluding carboxylic acids is 3. The van der Waals surface area contributed by atoms with Gasteiger partial charge in [-0.2, -0.15) is 0 Å². The average Bonchev–Trinajstić information content (AvgIpc) is 3.70. The molecule has 542 valence electrons. The number of hydrogen-bond acceptors (Lipinski definition) is 8. The van der Waals surface area contributed by atoms with Crippen LogP contribution in [0.2, 0.25) is 0 Å². The smallest absolute Gasteiger partial charge is 0.306 e. The molecule has 0 aromatic heterocycles. The summed E-state index contributed by atoms with van der Waals surface area (Å²) in [5, 5.41) is 11.9. The Balaban J connectivity index is 3.93. The summed E-state index contributed by atoms with van der Waals surface area (Å²) in [6.07, 6.45) is 92.9. The van der Waals surface area contributed by atoms with E-state index in [1.165, 1.54) is 334 Å². The van der Waals surface area contributed by atoms with Gasteiger partial charge in [0.25, 0.3) is 0 Å². The number of aliphatic carboxylic acids is 1. The highest BCUT2D eigenvalue weighted by Crippen LogP contribution is 2.20. The summed E-state index contributed by atoms with van der Waals surface area (Å²) < 4.78 is 22.9. The van der Waals surface area contributed by atoms with Gasteiger partial charge in [0, 0.05) is 12.8 Å². The Morgan fingerprint density at radius 1 is 0.326 bits per heavy atom. The van der Waals surface area contributed by atoms with E-state index in [1.54, 1.807) is 0 Å². The molecular formula is C83H157NO8. The van der Waals surface area contributed by atoms with Gasteiger partial charge in [-0.25, -0.2) is 0 Å². The molecule has 0 aliphatic carbocycles. The number of carboxylic acid groups (broad SMARTS) is 1. The number of hydrogen-bond donors (Lipinski definition) is 0. The van der Waals surface area contributed by atoms with Crippen molar-refractivity contribution in [1.29, 1.82) is 0 Å². The Morgan fingerprint density at radius 2 is 0.587 bits per heavy atom. The van der Waals surface area contributed by atoms with Crippen molar-refractivity contribution in [1.82, 2.24) is 0 Å². The van der Waals surface area contributed by atoms with Crippen molar-refractivity contribution < 1.29 is 42.9 Å². The lowest BCUT2D eigenvalue weighted by Gasteiger charge is -2.26. The van der Waals surface area contributed by atoms with Crippen molar-refractivity contribution in [3.8, 4) is 0 Å². The second-order valence-electron chi connectivity index (χ2n) is 29.1. The topological polar surface area (TPSA) is 111 Å². The van der Waals surface area contributed by atoms with Crippen LogP contribution < -0.4 is 5.11 Å². The molecule has 0 saturated heterocycles. The van der Waals surface area contributed by atoms with Gasteiger partial charge in [0.2, 0.25) is 0 Å². The summed E-state index contributed by atoms with van der Waals surface area (Å²) in [5.74, 6) is -2.26. The van der Waals surface area contributed by atoms with E-state index in [1.807, 2.05) is 21.1 Å². The minimum Gasteiger partial charge on any atom is -0.545 e. The van der Waals surface area contributed by atoms with Crippen molar-refractivity contribution in [2.45, 2.75) is 431 Å². The molecular weight excluding hydrogens is 1140 g/mol.